The molecule has 2 unspecified atom stereocenters. The summed E-state index contributed by atoms with van der Waals surface area (Å²) in [6.07, 6.45) is 0.692. The van der Waals surface area contributed by atoms with E-state index < -0.39 is 5.60 Å². The second-order valence-corrected chi connectivity index (χ2v) is 8.19. The standard InChI is InChI=1S/C18H20BrN3O3/c1-3-22-13-6-9(19)4-5-10(13)17(24)12(21-22)7-14(23)20-16-11-8-18(2,25)15(11)16/h4-6,11,15-16,25H,3,7-8H2,1-2H3,(H,20,23)/t11-,15?,16?,18+/m0/s1. The summed E-state index contributed by atoms with van der Waals surface area (Å²) in [7, 11) is 0. The van der Waals surface area contributed by atoms with E-state index in [1.165, 1.54) is 0 Å². The maximum atomic E-state index is 12.7. The Hall–Kier alpha value is -1.73. The van der Waals surface area contributed by atoms with E-state index in [1.54, 1.807) is 10.7 Å². The summed E-state index contributed by atoms with van der Waals surface area (Å²) >= 11 is 3.41. The number of hydrogen-bond donors (Lipinski definition) is 2. The van der Waals surface area contributed by atoms with Crippen molar-refractivity contribution in [2.45, 2.75) is 44.9 Å². The zero-order valence-electron chi connectivity index (χ0n) is 14.1. The average molecular weight is 406 g/mol. The number of hydrogen-bond acceptors (Lipinski definition) is 4. The normalized spacial score (nSPS) is 29.8. The van der Waals surface area contributed by atoms with Gasteiger partial charge in [0.2, 0.25) is 11.3 Å². The number of rotatable bonds is 4. The minimum atomic E-state index is -0.661. The van der Waals surface area contributed by atoms with Gasteiger partial charge in [-0.15, -0.1) is 0 Å². The number of aliphatic hydroxyl groups is 1. The number of aromatic nitrogens is 2. The highest BCUT2D eigenvalue weighted by Crippen LogP contribution is 2.61. The van der Waals surface area contributed by atoms with Gasteiger partial charge in [-0.3, -0.25) is 14.3 Å². The largest absolute Gasteiger partial charge is 0.390 e. The molecule has 0 spiro atoms. The number of carbonyl (C=O) groups excluding carboxylic acids is 1. The van der Waals surface area contributed by atoms with Crippen LogP contribution < -0.4 is 10.7 Å². The van der Waals surface area contributed by atoms with Crippen LogP contribution in [0.3, 0.4) is 0 Å². The lowest BCUT2D eigenvalue weighted by Crippen LogP contribution is -2.37. The summed E-state index contributed by atoms with van der Waals surface area (Å²) in [5, 5.41) is 17.9. The van der Waals surface area contributed by atoms with Crippen molar-refractivity contribution in [3.05, 3.63) is 38.6 Å². The van der Waals surface area contributed by atoms with Crippen LogP contribution in [0.1, 0.15) is 26.0 Å². The fourth-order valence-corrected chi connectivity index (χ4v) is 4.53. The van der Waals surface area contributed by atoms with Crippen LogP contribution in [-0.4, -0.2) is 32.4 Å². The lowest BCUT2D eigenvalue weighted by molar-refractivity contribution is -0.120. The number of nitrogens with zero attached hydrogens (tertiary/aromatic N) is 2. The molecule has 25 heavy (non-hydrogen) atoms. The van der Waals surface area contributed by atoms with E-state index in [0.717, 1.165) is 16.4 Å². The van der Waals surface area contributed by atoms with Crippen LogP contribution in [0.4, 0.5) is 0 Å². The highest BCUT2D eigenvalue weighted by Gasteiger charge is 2.69. The van der Waals surface area contributed by atoms with Crippen molar-refractivity contribution in [2.24, 2.45) is 11.8 Å². The van der Waals surface area contributed by atoms with E-state index in [-0.39, 0.29) is 35.4 Å². The molecular weight excluding hydrogens is 386 g/mol. The molecule has 2 saturated carbocycles. The molecule has 1 amide bonds. The molecule has 2 N–H and O–H groups in total. The van der Waals surface area contributed by atoms with Crippen molar-refractivity contribution in [3.8, 4) is 0 Å². The Morgan fingerprint density at radius 2 is 2.28 bits per heavy atom. The van der Waals surface area contributed by atoms with Gasteiger partial charge in [0.15, 0.2) is 0 Å². The molecule has 2 fully saturated rings. The Bertz CT molecular complexity index is 937. The maximum absolute atomic E-state index is 12.7. The molecule has 0 bridgehead atoms. The summed E-state index contributed by atoms with van der Waals surface area (Å²) in [6.45, 7) is 4.37. The average Bonchev–Trinajstić information content (AvgIpc) is 3.16. The fraction of sp³-hybridized carbons (Fsp3) is 0.500. The second-order valence-electron chi connectivity index (χ2n) is 7.27. The zero-order chi connectivity index (χ0) is 17.9. The van der Waals surface area contributed by atoms with Crippen molar-refractivity contribution < 1.29 is 9.90 Å². The molecule has 4 atom stereocenters. The zero-order valence-corrected chi connectivity index (χ0v) is 15.7. The van der Waals surface area contributed by atoms with Gasteiger partial charge in [-0.1, -0.05) is 15.9 Å². The van der Waals surface area contributed by atoms with Gasteiger partial charge < -0.3 is 10.4 Å². The number of halogens is 1. The van der Waals surface area contributed by atoms with Gasteiger partial charge in [-0.05, 0) is 44.4 Å². The Morgan fingerprint density at radius 3 is 2.88 bits per heavy atom. The predicted molar refractivity (Wildman–Crippen MR) is 97.2 cm³/mol. The van der Waals surface area contributed by atoms with Gasteiger partial charge in [-0.25, -0.2) is 0 Å². The molecule has 1 heterocycles. The number of nitrogens with one attached hydrogen (secondary N) is 1. The molecule has 4 rings (SSSR count). The quantitative estimate of drug-likeness (QED) is 0.808. The van der Waals surface area contributed by atoms with Gasteiger partial charge >= 0.3 is 0 Å². The summed E-state index contributed by atoms with van der Waals surface area (Å²) in [4.78, 5) is 25.0. The van der Waals surface area contributed by atoms with E-state index >= 15 is 0 Å². The predicted octanol–water partition coefficient (Wildman–Crippen LogP) is 1.61. The van der Waals surface area contributed by atoms with Crippen LogP contribution in [-0.2, 0) is 17.8 Å². The first-order chi connectivity index (χ1) is 11.8. The van der Waals surface area contributed by atoms with Crippen LogP contribution in [0.15, 0.2) is 27.5 Å². The van der Waals surface area contributed by atoms with Crippen molar-refractivity contribution >= 4 is 32.7 Å². The molecule has 0 radical (unpaired) electrons. The van der Waals surface area contributed by atoms with Gasteiger partial charge in [0.1, 0.15) is 5.69 Å². The molecule has 0 saturated heterocycles. The summed E-state index contributed by atoms with van der Waals surface area (Å²) < 4.78 is 2.63. The maximum Gasteiger partial charge on any atom is 0.226 e. The van der Waals surface area contributed by atoms with Crippen molar-refractivity contribution in [3.63, 3.8) is 0 Å². The molecule has 0 aliphatic heterocycles. The van der Waals surface area contributed by atoms with Crippen molar-refractivity contribution in [1.82, 2.24) is 15.1 Å². The van der Waals surface area contributed by atoms with Crippen LogP contribution in [0, 0.1) is 11.8 Å². The van der Waals surface area contributed by atoms with E-state index in [4.69, 9.17) is 0 Å². The smallest absolute Gasteiger partial charge is 0.226 e. The SMILES string of the molecule is CCn1nc(CC(=O)NC2C3[C@@H]2C[C@@]3(C)O)c(=O)c2ccc(Br)cc21. The second kappa shape index (κ2) is 5.64. The van der Waals surface area contributed by atoms with Gasteiger partial charge in [0.05, 0.1) is 17.5 Å². The third kappa shape index (κ3) is 2.69. The molecule has 132 valence electrons. The summed E-state index contributed by atoms with van der Waals surface area (Å²) in [5.41, 5.74) is 0.149. The number of amides is 1. The van der Waals surface area contributed by atoms with E-state index in [9.17, 15) is 14.7 Å². The number of aryl methyl sites for hydroxylation is 1. The van der Waals surface area contributed by atoms with Crippen LogP contribution in [0.2, 0.25) is 0 Å². The molecular formula is C18H20BrN3O3. The molecule has 7 heteroatoms. The number of fused-ring (bicyclic) bond motifs is 2. The lowest BCUT2D eigenvalue weighted by atomic mass is 9.82. The third-order valence-electron chi connectivity index (χ3n) is 5.48. The van der Waals surface area contributed by atoms with Crippen LogP contribution >= 0.6 is 15.9 Å². The minimum absolute atomic E-state index is 0.0345. The minimum Gasteiger partial charge on any atom is -0.390 e. The first-order valence-corrected chi connectivity index (χ1v) is 9.32. The molecule has 1 aromatic heterocycles. The van der Waals surface area contributed by atoms with E-state index in [2.05, 4.69) is 26.3 Å². The number of carbonyl (C=O) groups is 1. The first kappa shape index (κ1) is 16.7. The first-order valence-electron chi connectivity index (χ1n) is 8.53. The Balaban J connectivity index is 1.57. The lowest BCUT2D eigenvalue weighted by Gasteiger charge is -2.30. The molecule has 1 aromatic carbocycles. The van der Waals surface area contributed by atoms with Crippen molar-refractivity contribution in [2.75, 3.05) is 0 Å². The molecule has 2 aromatic rings. The van der Waals surface area contributed by atoms with Crippen molar-refractivity contribution in [1.29, 1.82) is 0 Å². The van der Waals surface area contributed by atoms with Gasteiger partial charge in [0.25, 0.3) is 0 Å². The van der Waals surface area contributed by atoms with Gasteiger partial charge in [-0.2, -0.15) is 5.10 Å². The number of benzene rings is 1. The highest BCUT2D eigenvalue weighted by atomic mass is 79.9. The van der Waals surface area contributed by atoms with Crippen LogP contribution in [0.5, 0.6) is 0 Å². The molecule has 2 aliphatic rings. The summed E-state index contributed by atoms with van der Waals surface area (Å²) in [5.74, 6) is 0.331. The van der Waals surface area contributed by atoms with Gasteiger partial charge in [0, 0.05) is 28.4 Å². The topological polar surface area (TPSA) is 84.2 Å². The highest BCUT2D eigenvalue weighted by molar-refractivity contribution is 9.10. The van der Waals surface area contributed by atoms with E-state index in [0.29, 0.717) is 17.8 Å². The monoisotopic (exact) mass is 405 g/mol. The Labute approximate surface area is 153 Å². The van der Waals surface area contributed by atoms with Crippen LogP contribution in [0.25, 0.3) is 10.9 Å². The Morgan fingerprint density at radius 1 is 1.52 bits per heavy atom. The van der Waals surface area contributed by atoms with E-state index in [1.807, 2.05) is 26.0 Å². The Kier molecular flexibility index (Phi) is 3.77. The summed E-state index contributed by atoms with van der Waals surface area (Å²) in [6, 6.07) is 5.47. The third-order valence-corrected chi connectivity index (χ3v) is 5.97. The molecule has 2 aliphatic carbocycles. The molecule has 6 nitrogen and oxygen atoms in total. The fourth-order valence-electron chi connectivity index (χ4n) is 4.18.